The van der Waals surface area contributed by atoms with Crippen LogP contribution in [0.4, 0.5) is 0 Å². The maximum Gasteiger partial charge on any atom is 0.161 e. The van der Waals surface area contributed by atoms with Gasteiger partial charge in [-0.2, -0.15) is 0 Å². The van der Waals surface area contributed by atoms with E-state index in [-0.39, 0.29) is 11.7 Å². The molecule has 0 saturated carbocycles. The molecule has 0 saturated heterocycles. The monoisotopic (exact) mass is 277 g/mol. The lowest BCUT2D eigenvalue weighted by Gasteiger charge is -2.30. The zero-order valence-electron chi connectivity index (χ0n) is 12.7. The molecule has 0 bridgehead atoms. The van der Waals surface area contributed by atoms with Gasteiger partial charge in [0.25, 0.3) is 0 Å². The number of carbonyl (C=O) groups is 1. The Kier molecular flexibility index (Phi) is 4.65. The van der Waals surface area contributed by atoms with Crippen molar-refractivity contribution in [2.45, 2.75) is 26.8 Å². The van der Waals surface area contributed by atoms with Gasteiger partial charge in [0, 0.05) is 25.6 Å². The smallest absolute Gasteiger partial charge is 0.161 e. The van der Waals surface area contributed by atoms with Gasteiger partial charge in [-0.3, -0.25) is 9.69 Å². The summed E-state index contributed by atoms with van der Waals surface area (Å²) in [7, 11) is 3.32. The highest BCUT2D eigenvalue weighted by Gasteiger charge is 2.21. The van der Waals surface area contributed by atoms with Gasteiger partial charge in [-0.1, -0.05) is 6.92 Å². The van der Waals surface area contributed by atoms with Gasteiger partial charge in [-0.05, 0) is 36.6 Å². The molecule has 2 rings (SSSR count). The number of benzene rings is 1. The molecular formula is C16H23NO3. The number of hydrogen-bond donors (Lipinski definition) is 0. The Hall–Kier alpha value is -1.55. The molecule has 1 aromatic rings. The van der Waals surface area contributed by atoms with Gasteiger partial charge in [0.2, 0.25) is 0 Å². The van der Waals surface area contributed by atoms with Crippen LogP contribution in [-0.2, 0) is 17.8 Å². The highest BCUT2D eigenvalue weighted by atomic mass is 16.5. The molecule has 1 aliphatic rings. The minimum absolute atomic E-state index is 0.0942. The largest absolute Gasteiger partial charge is 0.493 e. The standard InChI is InChI=1S/C16H23NO3/c1-11(12(2)18)9-17-6-5-13-7-15(19-3)16(20-4)8-14(13)10-17/h7-8,11H,5-6,9-10H2,1-4H3. The molecule has 1 heterocycles. The predicted octanol–water partition coefficient (Wildman–Crippen LogP) is 2.29. The van der Waals surface area contributed by atoms with Crippen LogP contribution in [0, 0.1) is 5.92 Å². The second-order valence-electron chi connectivity index (χ2n) is 5.47. The lowest BCUT2D eigenvalue weighted by molar-refractivity contribution is -0.120. The molecule has 4 heteroatoms. The first-order valence-electron chi connectivity index (χ1n) is 7.01. The molecule has 1 unspecified atom stereocenters. The number of nitrogens with zero attached hydrogens (tertiary/aromatic N) is 1. The average molecular weight is 277 g/mol. The van der Waals surface area contributed by atoms with Crippen LogP contribution in [0.1, 0.15) is 25.0 Å². The molecule has 0 fully saturated rings. The van der Waals surface area contributed by atoms with Gasteiger partial charge in [0.1, 0.15) is 5.78 Å². The van der Waals surface area contributed by atoms with Crippen LogP contribution in [0.15, 0.2) is 12.1 Å². The Morgan fingerprint density at radius 2 is 1.85 bits per heavy atom. The Balaban J connectivity index is 2.15. The number of hydrogen-bond acceptors (Lipinski definition) is 4. The van der Waals surface area contributed by atoms with E-state index in [0.717, 1.165) is 37.6 Å². The molecule has 0 aromatic heterocycles. The fourth-order valence-corrected chi connectivity index (χ4v) is 2.61. The number of carbonyl (C=O) groups excluding carboxylic acids is 1. The third-order valence-electron chi connectivity index (χ3n) is 4.02. The van der Waals surface area contributed by atoms with Crippen molar-refractivity contribution in [3.05, 3.63) is 23.3 Å². The van der Waals surface area contributed by atoms with Crippen molar-refractivity contribution in [1.29, 1.82) is 0 Å². The molecule has 1 aliphatic heterocycles. The zero-order chi connectivity index (χ0) is 14.7. The number of rotatable bonds is 5. The van der Waals surface area contributed by atoms with Crippen LogP contribution >= 0.6 is 0 Å². The molecular weight excluding hydrogens is 254 g/mol. The summed E-state index contributed by atoms with van der Waals surface area (Å²) in [5.41, 5.74) is 2.58. The van der Waals surface area contributed by atoms with Crippen molar-refractivity contribution in [2.75, 3.05) is 27.3 Å². The summed E-state index contributed by atoms with van der Waals surface area (Å²) in [4.78, 5) is 13.7. The fraction of sp³-hybridized carbons (Fsp3) is 0.562. The summed E-state index contributed by atoms with van der Waals surface area (Å²) in [5, 5.41) is 0. The Morgan fingerprint density at radius 1 is 1.25 bits per heavy atom. The van der Waals surface area contributed by atoms with Crippen molar-refractivity contribution in [2.24, 2.45) is 5.92 Å². The summed E-state index contributed by atoms with van der Waals surface area (Å²) in [5.74, 6) is 1.91. The zero-order valence-corrected chi connectivity index (χ0v) is 12.7. The van der Waals surface area contributed by atoms with Crippen molar-refractivity contribution in [1.82, 2.24) is 4.90 Å². The molecule has 110 valence electrons. The summed E-state index contributed by atoms with van der Waals surface area (Å²) in [6.07, 6.45) is 0.986. The predicted molar refractivity (Wildman–Crippen MR) is 78.4 cm³/mol. The summed E-state index contributed by atoms with van der Waals surface area (Å²) < 4.78 is 10.7. The molecule has 20 heavy (non-hydrogen) atoms. The molecule has 4 nitrogen and oxygen atoms in total. The van der Waals surface area contributed by atoms with Crippen LogP contribution < -0.4 is 9.47 Å². The lowest BCUT2D eigenvalue weighted by atomic mass is 9.97. The second-order valence-corrected chi connectivity index (χ2v) is 5.47. The number of ether oxygens (including phenoxy) is 2. The maximum atomic E-state index is 11.4. The molecule has 0 amide bonds. The quantitative estimate of drug-likeness (QED) is 0.827. The van der Waals surface area contributed by atoms with E-state index in [2.05, 4.69) is 17.0 Å². The lowest BCUT2D eigenvalue weighted by Crippen LogP contribution is -2.35. The minimum Gasteiger partial charge on any atom is -0.493 e. The SMILES string of the molecule is COc1cc2c(cc1OC)CN(CC(C)C(C)=O)CC2. The fourth-order valence-electron chi connectivity index (χ4n) is 2.61. The van der Waals surface area contributed by atoms with E-state index < -0.39 is 0 Å². The highest BCUT2D eigenvalue weighted by Crippen LogP contribution is 2.33. The van der Waals surface area contributed by atoms with Crippen LogP contribution in [-0.4, -0.2) is 38.0 Å². The Labute approximate surface area is 120 Å². The normalized spacial score (nSPS) is 16.4. The average Bonchev–Trinajstić information content (AvgIpc) is 2.45. The van der Waals surface area contributed by atoms with Gasteiger partial charge in [-0.25, -0.2) is 0 Å². The van der Waals surface area contributed by atoms with Crippen LogP contribution in [0.5, 0.6) is 11.5 Å². The van der Waals surface area contributed by atoms with E-state index in [1.54, 1.807) is 21.1 Å². The molecule has 0 radical (unpaired) electrons. The van der Waals surface area contributed by atoms with Gasteiger partial charge < -0.3 is 9.47 Å². The van der Waals surface area contributed by atoms with E-state index in [1.165, 1.54) is 11.1 Å². The van der Waals surface area contributed by atoms with Gasteiger partial charge in [-0.15, -0.1) is 0 Å². The molecule has 0 spiro atoms. The van der Waals surface area contributed by atoms with Crippen molar-refractivity contribution in [3.8, 4) is 11.5 Å². The topological polar surface area (TPSA) is 38.8 Å². The third-order valence-corrected chi connectivity index (χ3v) is 4.02. The number of ketones is 1. The van der Waals surface area contributed by atoms with Gasteiger partial charge in [0.05, 0.1) is 14.2 Å². The first-order valence-corrected chi connectivity index (χ1v) is 7.01. The number of fused-ring (bicyclic) bond motifs is 1. The molecule has 1 aromatic carbocycles. The van der Waals surface area contributed by atoms with Crippen LogP contribution in [0.2, 0.25) is 0 Å². The van der Waals surface area contributed by atoms with Gasteiger partial charge >= 0.3 is 0 Å². The summed E-state index contributed by atoms with van der Waals surface area (Å²) in [6, 6.07) is 4.12. The molecule has 0 N–H and O–H groups in total. The highest BCUT2D eigenvalue weighted by molar-refractivity contribution is 5.78. The van der Waals surface area contributed by atoms with Crippen LogP contribution in [0.25, 0.3) is 0 Å². The van der Waals surface area contributed by atoms with Crippen LogP contribution in [0.3, 0.4) is 0 Å². The number of Topliss-reactive ketones (excluding diaryl/α,β-unsaturated/α-hetero) is 1. The summed E-state index contributed by atoms with van der Waals surface area (Å²) in [6.45, 7) is 6.33. The van der Waals surface area contributed by atoms with E-state index in [4.69, 9.17) is 9.47 Å². The molecule has 1 atom stereocenters. The van der Waals surface area contributed by atoms with Crippen molar-refractivity contribution in [3.63, 3.8) is 0 Å². The first-order chi connectivity index (χ1) is 9.55. The van der Waals surface area contributed by atoms with E-state index >= 15 is 0 Å². The first kappa shape index (κ1) is 14.9. The maximum absolute atomic E-state index is 11.4. The van der Waals surface area contributed by atoms with Crippen molar-refractivity contribution < 1.29 is 14.3 Å². The van der Waals surface area contributed by atoms with E-state index in [9.17, 15) is 4.79 Å². The van der Waals surface area contributed by atoms with E-state index in [1.807, 2.05) is 6.92 Å². The summed E-state index contributed by atoms with van der Waals surface area (Å²) >= 11 is 0. The molecule has 0 aliphatic carbocycles. The number of methoxy groups -OCH3 is 2. The minimum atomic E-state index is 0.0942. The Morgan fingerprint density at radius 3 is 2.40 bits per heavy atom. The van der Waals surface area contributed by atoms with E-state index in [0.29, 0.717) is 0 Å². The second kappa shape index (κ2) is 6.27. The van der Waals surface area contributed by atoms with Crippen molar-refractivity contribution >= 4 is 5.78 Å². The Bertz CT molecular complexity index is 499. The third kappa shape index (κ3) is 3.12. The van der Waals surface area contributed by atoms with Gasteiger partial charge in [0.15, 0.2) is 11.5 Å².